The molecule has 6 heteroatoms. The van der Waals surface area contributed by atoms with E-state index in [4.69, 9.17) is 4.74 Å². The molecule has 0 fully saturated rings. The van der Waals surface area contributed by atoms with E-state index in [1.165, 1.54) is 4.90 Å². The highest BCUT2D eigenvalue weighted by Gasteiger charge is 2.34. The standard InChI is InChI=1S/C15H18N2O4/c1-2-21-13(18)7-8-16-9-10-17-14(19)11-5-3-4-6-12(11)15(17)20/h3-6,16H,2,7-10H2,1H3. The summed E-state index contributed by atoms with van der Waals surface area (Å²) >= 11 is 0. The molecule has 0 spiro atoms. The maximum Gasteiger partial charge on any atom is 0.307 e. The molecule has 0 atom stereocenters. The van der Waals surface area contributed by atoms with Crippen molar-refractivity contribution in [3.8, 4) is 0 Å². The van der Waals surface area contributed by atoms with Gasteiger partial charge in [-0.05, 0) is 19.1 Å². The predicted molar refractivity (Wildman–Crippen MR) is 75.9 cm³/mol. The summed E-state index contributed by atoms with van der Waals surface area (Å²) in [5.41, 5.74) is 0.906. The number of nitrogens with one attached hydrogen (secondary N) is 1. The van der Waals surface area contributed by atoms with Crippen molar-refractivity contribution in [3.63, 3.8) is 0 Å². The summed E-state index contributed by atoms with van der Waals surface area (Å²) in [6, 6.07) is 6.80. The second-order valence-electron chi connectivity index (χ2n) is 4.61. The molecule has 1 aromatic carbocycles. The summed E-state index contributed by atoms with van der Waals surface area (Å²) in [7, 11) is 0. The SMILES string of the molecule is CCOC(=O)CCNCCN1C(=O)c2ccccc2C1=O. The summed E-state index contributed by atoms with van der Waals surface area (Å²) in [6.07, 6.45) is 0.274. The van der Waals surface area contributed by atoms with Gasteiger partial charge in [-0.25, -0.2) is 0 Å². The Morgan fingerprint density at radius 3 is 2.33 bits per heavy atom. The maximum absolute atomic E-state index is 12.1. The van der Waals surface area contributed by atoms with Crippen molar-refractivity contribution in [1.29, 1.82) is 0 Å². The second kappa shape index (κ2) is 6.99. The number of amides is 2. The molecule has 2 rings (SSSR count). The third-order valence-corrected chi connectivity index (χ3v) is 3.20. The van der Waals surface area contributed by atoms with Crippen molar-refractivity contribution in [2.24, 2.45) is 0 Å². The number of fused-ring (bicyclic) bond motifs is 1. The Hall–Kier alpha value is -2.21. The first-order chi connectivity index (χ1) is 10.1. The summed E-state index contributed by atoms with van der Waals surface area (Å²) in [4.78, 5) is 36.5. The largest absolute Gasteiger partial charge is 0.466 e. The van der Waals surface area contributed by atoms with Crippen molar-refractivity contribution in [2.45, 2.75) is 13.3 Å². The molecule has 1 heterocycles. The number of ether oxygens (including phenoxy) is 1. The van der Waals surface area contributed by atoms with E-state index in [-0.39, 0.29) is 30.7 Å². The lowest BCUT2D eigenvalue weighted by molar-refractivity contribution is -0.142. The number of carbonyl (C=O) groups is 3. The summed E-state index contributed by atoms with van der Waals surface area (Å²) in [5, 5.41) is 3.02. The molecule has 2 amide bonds. The number of imide groups is 1. The number of carbonyl (C=O) groups excluding carboxylic acids is 3. The quantitative estimate of drug-likeness (QED) is 0.457. The average Bonchev–Trinajstić information content (AvgIpc) is 2.72. The summed E-state index contributed by atoms with van der Waals surface area (Å²) in [6.45, 7) is 3.32. The van der Waals surface area contributed by atoms with E-state index < -0.39 is 0 Å². The van der Waals surface area contributed by atoms with Crippen molar-refractivity contribution >= 4 is 17.8 Å². The Bertz CT molecular complexity index is 521. The summed E-state index contributed by atoms with van der Waals surface area (Å²) in [5.74, 6) is -0.781. The van der Waals surface area contributed by atoms with E-state index in [2.05, 4.69) is 5.32 Å². The van der Waals surface area contributed by atoms with Crippen LogP contribution in [0.2, 0.25) is 0 Å². The minimum Gasteiger partial charge on any atom is -0.466 e. The van der Waals surface area contributed by atoms with Gasteiger partial charge in [0.25, 0.3) is 11.8 Å². The van der Waals surface area contributed by atoms with Gasteiger partial charge in [-0.15, -0.1) is 0 Å². The molecule has 21 heavy (non-hydrogen) atoms. The van der Waals surface area contributed by atoms with Gasteiger partial charge in [-0.3, -0.25) is 19.3 Å². The van der Waals surface area contributed by atoms with Crippen LogP contribution in [0.4, 0.5) is 0 Å². The molecule has 0 unspecified atom stereocenters. The first-order valence-electron chi connectivity index (χ1n) is 6.96. The number of esters is 1. The normalized spacial score (nSPS) is 13.5. The second-order valence-corrected chi connectivity index (χ2v) is 4.61. The third-order valence-electron chi connectivity index (χ3n) is 3.20. The maximum atomic E-state index is 12.1. The van der Waals surface area contributed by atoms with Crippen LogP contribution >= 0.6 is 0 Å². The molecule has 0 saturated heterocycles. The molecule has 0 radical (unpaired) electrons. The first-order valence-corrected chi connectivity index (χ1v) is 6.96. The van der Waals surface area contributed by atoms with Crippen molar-refractivity contribution < 1.29 is 19.1 Å². The fraction of sp³-hybridized carbons (Fsp3) is 0.400. The number of hydrogen-bond donors (Lipinski definition) is 1. The Labute approximate surface area is 123 Å². The van der Waals surface area contributed by atoms with Gasteiger partial charge in [0.15, 0.2) is 0 Å². The van der Waals surface area contributed by atoms with Crippen LogP contribution in [0.1, 0.15) is 34.1 Å². The molecule has 112 valence electrons. The number of nitrogens with zero attached hydrogens (tertiary/aromatic N) is 1. The molecule has 0 saturated carbocycles. The highest BCUT2D eigenvalue weighted by Crippen LogP contribution is 2.21. The topological polar surface area (TPSA) is 75.7 Å². The first kappa shape index (κ1) is 15.2. The van der Waals surface area contributed by atoms with Gasteiger partial charge in [-0.1, -0.05) is 12.1 Å². The zero-order valence-electron chi connectivity index (χ0n) is 11.9. The Balaban J connectivity index is 1.77. The van der Waals surface area contributed by atoms with Crippen LogP contribution < -0.4 is 5.32 Å². The lowest BCUT2D eigenvalue weighted by Gasteiger charge is -2.14. The van der Waals surface area contributed by atoms with E-state index in [1.54, 1.807) is 31.2 Å². The van der Waals surface area contributed by atoms with Gasteiger partial charge in [0.2, 0.25) is 0 Å². The molecule has 1 aliphatic heterocycles. The monoisotopic (exact) mass is 290 g/mol. The molecule has 6 nitrogen and oxygen atoms in total. The molecule has 1 aliphatic rings. The number of benzene rings is 1. The van der Waals surface area contributed by atoms with Crippen molar-refractivity contribution in [2.75, 3.05) is 26.2 Å². The van der Waals surface area contributed by atoms with Gasteiger partial charge in [0, 0.05) is 19.6 Å². The van der Waals surface area contributed by atoms with Crippen LogP contribution in [-0.2, 0) is 9.53 Å². The molecule has 1 aromatic rings. The van der Waals surface area contributed by atoms with E-state index in [9.17, 15) is 14.4 Å². The fourth-order valence-electron chi connectivity index (χ4n) is 2.18. The van der Waals surface area contributed by atoms with Crippen molar-refractivity contribution in [1.82, 2.24) is 10.2 Å². The average molecular weight is 290 g/mol. The smallest absolute Gasteiger partial charge is 0.307 e. The molecule has 1 N–H and O–H groups in total. The van der Waals surface area contributed by atoms with E-state index >= 15 is 0 Å². The Morgan fingerprint density at radius 1 is 1.14 bits per heavy atom. The lowest BCUT2D eigenvalue weighted by Crippen LogP contribution is -2.36. The Morgan fingerprint density at radius 2 is 1.76 bits per heavy atom. The molecule has 0 aromatic heterocycles. The van der Waals surface area contributed by atoms with Crippen molar-refractivity contribution in [3.05, 3.63) is 35.4 Å². The number of rotatable bonds is 7. The van der Waals surface area contributed by atoms with Crippen LogP contribution in [0.5, 0.6) is 0 Å². The van der Waals surface area contributed by atoms with Gasteiger partial charge in [-0.2, -0.15) is 0 Å². The zero-order valence-corrected chi connectivity index (χ0v) is 11.9. The van der Waals surface area contributed by atoms with E-state index in [0.717, 1.165) is 0 Å². The van der Waals surface area contributed by atoms with E-state index in [0.29, 0.717) is 30.8 Å². The minimum atomic E-state index is -0.261. The third kappa shape index (κ3) is 3.46. The highest BCUT2D eigenvalue weighted by atomic mass is 16.5. The van der Waals surface area contributed by atoms with Crippen LogP contribution in [0, 0.1) is 0 Å². The van der Waals surface area contributed by atoms with Crippen LogP contribution in [0.25, 0.3) is 0 Å². The predicted octanol–water partition coefficient (Wildman–Crippen LogP) is 0.825. The summed E-state index contributed by atoms with van der Waals surface area (Å²) < 4.78 is 4.80. The van der Waals surface area contributed by atoms with Crippen LogP contribution in [-0.4, -0.2) is 48.9 Å². The molecular formula is C15H18N2O4. The zero-order chi connectivity index (χ0) is 15.2. The number of hydrogen-bond acceptors (Lipinski definition) is 5. The van der Waals surface area contributed by atoms with Gasteiger partial charge >= 0.3 is 5.97 Å². The van der Waals surface area contributed by atoms with Crippen LogP contribution in [0.3, 0.4) is 0 Å². The van der Waals surface area contributed by atoms with Gasteiger partial charge in [0.05, 0.1) is 24.2 Å². The molecular weight excluding hydrogens is 272 g/mol. The highest BCUT2D eigenvalue weighted by molar-refractivity contribution is 6.21. The van der Waals surface area contributed by atoms with Crippen LogP contribution in [0.15, 0.2) is 24.3 Å². The van der Waals surface area contributed by atoms with E-state index in [1.807, 2.05) is 0 Å². The minimum absolute atomic E-state index is 0.259. The molecule has 0 aliphatic carbocycles. The Kier molecular flexibility index (Phi) is 5.05. The lowest BCUT2D eigenvalue weighted by atomic mass is 10.1. The van der Waals surface area contributed by atoms with Gasteiger partial charge in [0.1, 0.15) is 0 Å². The molecule has 0 bridgehead atoms. The van der Waals surface area contributed by atoms with Gasteiger partial charge < -0.3 is 10.1 Å². The fourth-order valence-corrected chi connectivity index (χ4v) is 2.18.